The Morgan fingerprint density at radius 2 is 2.00 bits per heavy atom. The van der Waals surface area contributed by atoms with Crippen LogP contribution in [0.25, 0.3) is 5.69 Å². The van der Waals surface area contributed by atoms with Crippen molar-refractivity contribution in [1.82, 2.24) is 14.5 Å². The zero-order valence-electron chi connectivity index (χ0n) is 13.9. The summed E-state index contributed by atoms with van der Waals surface area (Å²) >= 11 is 6.10. The van der Waals surface area contributed by atoms with Gasteiger partial charge in [0.05, 0.1) is 11.3 Å². The van der Waals surface area contributed by atoms with Crippen LogP contribution >= 0.6 is 11.6 Å². The summed E-state index contributed by atoms with van der Waals surface area (Å²) in [5.41, 5.74) is 1.86. The third-order valence-electron chi connectivity index (χ3n) is 3.91. The Labute approximate surface area is 154 Å². The molecule has 2 aromatic carbocycles. The van der Waals surface area contributed by atoms with E-state index in [0.29, 0.717) is 16.1 Å². The Morgan fingerprint density at radius 1 is 1.27 bits per heavy atom. The molecule has 0 saturated heterocycles. The first-order valence-electron chi connectivity index (χ1n) is 7.72. The summed E-state index contributed by atoms with van der Waals surface area (Å²) in [6, 6.07) is 11.3. The monoisotopic (exact) mass is 370 g/mol. The molecule has 0 radical (unpaired) electrons. The Hall–Kier alpha value is -3.19. The van der Waals surface area contributed by atoms with Crippen molar-refractivity contribution in [2.45, 2.75) is 6.54 Å². The SMILES string of the molecule is CN(Cc1cc([N+](=O)[O-])ccc1Cl)C(=O)c1ccc(-n2ccnc2)cc1. The average Bonchev–Trinajstić information content (AvgIpc) is 3.17. The molecule has 3 rings (SSSR count). The van der Waals surface area contributed by atoms with Gasteiger partial charge in [0.25, 0.3) is 11.6 Å². The first-order valence-corrected chi connectivity index (χ1v) is 8.10. The van der Waals surface area contributed by atoms with Crippen molar-refractivity contribution >= 4 is 23.2 Å². The molecular weight excluding hydrogens is 356 g/mol. The third kappa shape index (κ3) is 3.73. The average molecular weight is 371 g/mol. The van der Waals surface area contributed by atoms with Gasteiger partial charge in [-0.15, -0.1) is 0 Å². The van der Waals surface area contributed by atoms with Gasteiger partial charge in [0.15, 0.2) is 0 Å². The lowest BCUT2D eigenvalue weighted by molar-refractivity contribution is -0.384. The molecule has 0 bridgehead atoms. The number of nitro groups is 1. The molecule has 7 nitrogen and oxygen atoms in total. The summed E-state index contributed by atoms with van der Waals surface area (Å²) in [7, 11) is 1.63. The van der Waals surface area contributed by atoms with Crippen LogP contribution in [-0.4, -0.2) is 32.3 Å². The smallest absolute Gasteiger partial charge is 0.269 e. The molecule has 1 heterocycles. The van der Waals surface area contributed by atoms with Crippen LogP contribution < -0.4 is 0 Å². The molecule has 3 aromatic rings. The van der Waals surface area contributed by atoms with Crippen LogP contribution in [0.15, 0.2) is 61.2 Å². The molecule has 1 aromatic heterocycles. The summed E-state index contributed by atoms with van der Waals surface area (Å²) in [4.78, 5) is 28.5. The molecule has 0 fully saturated rings. The van der Waals surface area contributed by atoms with E-state index in [1.54, 1.807) is 31.7 Å². The molecule has 0 saturated carbocycles. The highest BCUT2D eigenvalue weighted by atomic mass is 35.5. The lowest BCUT2D eigenvalue weighted by Gasteiger charge is -2.18. The zero-order valence-corrected chi connectivity index (χ0v) is 14.6. The van der Waals surface area contributed by atoms with Gasteiger partial charge in [-0.2, -0.15) is 0 Å². The molecular formula is C18H15ClN4O3. The number of nitrogens with zero attached hydrogens (tertiary/aromatic N) is 4. The van der Waals surface area contributed by atoms with Crippen molar-refractivity contribution in [3.05, 3.63) is 87.4 Å². The van der Waals surface area contributed by atoms with Crippen molar-refractivity contribution in [3.63, 3.8) is 0 Å². The van der Waals surface area contributed by atoms with Gasteiger partial charge in [0, 0.05) is 54.4 Å². The summed E-state index contributed by atoms with van der Waals surface area (Å²) < 4.78 is 1.83. The molecule has 1 amide bonds. The molecule has 0 aliphatic rings. The standard InChI is InChI=1S/C18H15ClN4O3/c1-21(11-14-10-16(23(25)26)6-7-17(14)19)18(24)13-2-4-15(5-3-13)22-9-8-20-12-22/h2-10,12H,11H2,1H3. The maximum atomic E-state index is 12.6. The maximum absolute atomic E-state index is 12.6. The molecule has 0 spiro atoms. The van der Waals surface area contributed by atoms with Crippen LogP contribution in [0.2, 0.25) is 5.02 Å². The Kier molecular flexibility index (Phi) is 4.99. The number of non-ortho nitro benzene ring substituents is 1. The van der Waals surface area contributed by atoms with Gasteiger partial charge in [-0.3, -0.25) is 14.9 Å². The lowest BCUT2D eigenvalue weighted by atomic mass is 10.1. The van der Waals surface area contributed by atoms with E-state index in [1.165, 1.54) is 23.1 Å². The summed E-state index contributed by atoms with van der Waals surface area (Å²) in [6.07, 6.45) is 5.16. The number of imidazole rings is 1. The Morgan fingerprint density at radius 3 is 2.62 bits per heavy atom. The van der Waals surface area contributed by atoms with Gasteiger partial charge >= 0.3 is 0 Å². The van der Waals surface area contributed by atoms with Crippen molar-refractivity contribution in [2.75, 3.05) is 7.05 Å². The second-order valence-corrected chi connectivity index (χ2v) is 6.12. The fourth-order valence-electron chi connectivity index (χ4n) is 2.53. The number of halogens is 1. The van der Waals surface area contributed by atoms with Crippen LogP contribution in [0, 0.1) is 10.1 Å². The Bertz CT molecular complexity index is 940. The van der Waals surface area contributed by atoms with Gasteiger partial charge in [0.1, 0.15) is 0 Å². The largest absolute Gasteiger partial charge is 0.337 e. The van der Waals surface area contributed by atoms with E-state index in [9.17, 15) is 14.9 Å². The predicted octanol–water partition coefficient (Wildman–Crippen LogP) is 3.71. The van der Waals surface area contributed by atoms with Crippen molar-refractivity contribution < 1.29 is 9.72 Å². The van der Waals surface area contributed by atoms with Gasteiger partial charge in [-0.05, 0) is 35.9 Å². The quantitative estimate of drug-likeness (QED) is 0.506. The number of nitro benzene ring substituents is 1. The minimum absolute atomic E-state index is 0.0602. The highest BCUT2D eigenvalue weighted by Crippen LogP contribution is 2.23. The molecule has 132 valence electrons. The second kappa shape index (κ2) is 7.37. The van der Waals surface area contributed by atoms with Crippen molar-refractivity contribution in [2.24, 2.45) is 0 Å². The van der Waals surface area contributed by atoms with E-state index in [0.717, 1.165) is 5.69 Å². The van der Waals surface area contributed by atoms with Gasteiger partial charge in [-0.1, -0.05) is 11.6 Å². The summed E-state index contributed by atoms with van der Waals surface area (Å²) in [5.74, 6) is -0.204. The maximum Gasteiger partial charge on any atom is 0.269 e. The number of amides is 1. The van der Waals surface area contributed by atoms with Crippen LogP contribution in [0.3, 0.4) is 0 Å². The number of rotatable bonds is 5. The lowest BCUT2D eigenvalue weighted by Crippen LogP contribution is -2.26. The molecule has 0 aliphatic carbocycles. The van der Waals surface area contributed by atoms with E-state index in [2.05, 4.69) is 4.98 Å². The number of benzene rings is 2. The summed E-state index contributed by atoms with van der Waals surface area (Å²) in [6.45, 7) is 0.169. The van der Waals surface area contributed by atoms with E-state index in [-0.39, 0.29) is 18.1 Å². The highest BCUT2D eigenvalue weighted by Gasteiger charge is 2.16. The minimum atomic E-state index is -0.490. The van der Waals surface area contributed by atoms with E-state index in [1.807, 2.05) is 22.9 Å². The number of carbonyl (C=O) groups excluding carboxylic acids is 1. The molecule has 8 heteroatoms. The molecule has 0 unspecified atom stereocenters. The van der Waals surface area contributed by atoms with E-state index >= 15 is 0 Å². The van der Waals surface area contributed by atoms with E-state index < -0.39 is 4.92 Å². The molecule has 0 atom stereocenters. The number of hydrogen-bond donors (Lipinski definition) is 0. The zero-order chi connectivity index (χ0) is 18.7. The first-order chi connectivity index (χ1) is 12.5. The fraction of sp³-hybridized carbons (Fsp3) is 0.111. The number of hydrogen-bond acceptors (Lipinski definition) is 4. The van der Waals surface area contributed by atoms with Gasteiger partial charge < -0.3 is 9.47 Å². The fourth-order valence-corrected chi connectivity index (χ4v) is 2.71. The minimum Gasteiger partial charge on any atom is -0.337 e. The van der Waals surface area contributed by atoms with E-state index in [4.69, 9.17) is 11.6 Å². The summed E-state index contributed by atoms with van der Waals surface area (Å²) in [5, 5.41) is 11.3. The van der Waals surface area contributed by atoms with Crippen molar-refractivity contribution in [3.8, 4) is 5.69 Å². The van der Waals surface area contributed by atoms with Gasteiger partial charge in [-0.25, -0.2) is 4.98 Å². The van der Waals surface area contributed by atoms with Crippen LogP contribution in [0.4, 0.5) is 5.69 Å². The van der Waals surface area contributed by atoms with Crippen molar-refractivity contribution in [1.29, 1.82) is 0 Å². The number of carbonyl (C=O) groups is 1. The highest BCUT2D eigenvalue weighted by molar-refractivity contribution is 6.31. The normalized spacial score (nSPS) is 10.5. The molecule has 0 aliphatic heterocycles. The van der Waals surface area contributed by atoms with Crippen LogP contribution in [-0.2, 0) is 6.54 Å². The predicted molar refractivity (Wildman–Crippen MR) is 97.5 cm³/mol. The second-order valence-electron chi connectivity index (χ2n) is 5.71. The van der Waals surface area contributed by atoms with Gasteiger partial charge in [0.2, 0.25) is 0 Å². The Balaban J connectivity index is 1.76. The third-order valence-corrected chi connectivity index (χ3v) is 4.28. The molecule has 0 N–H and O–H groups in total. The first kappa shape index (κ1) is 17.6. The number of aromatic nitrogens is 2. The molecule has 26 heavy (non-hydrogen) atoms. The topological polar surface area (TPSA) is 81.3 Å². The van der Waals surface area contributed by atoms with Crippen LogP contribution in [0.1, 0.15) is 15.9 Å². The van der Waals surface area contributed by atoms with Crippen LogP contribution in [0.5, 0.6) is 0 Å².